The quantitative estimate of drug-likeness (QED) is 0.373. The van der Waals surface area contributed by atoms with E-state index >= 15 is 0 Å². The van der Waals surface area contributed by atoms with Gasteiger partial charge in [-0.2, -0.15) is 0 Å². The first-order valence-corrected chi connectivity index (χ1v) is 6.14. The predicted molar refractivity (Wildman–Crippen MR) is 61.4 cm³/mol. The van der Waals surface area contributed by atoms with Crippen molar-refractivity contribution in [3.05, 3.63) is 0 Å². The topological polar surface area (TPSA) is 146 Å². The predicted octanol–water partition coefficient (Wildman–Crippen LogP) is -2.83. The Labute approximate surface area is 114 Å². The van der Waals surface area contributed by atoms with E-state index in [1.807, 2.05) is 0 Å². The van der Waals surface area contributed by atoms with Crippen LogP contribution < -0.4 is 5.32 Å². The molecule has 9 nitrogen and oxygen atoms in total. The van der Waals surface area contributed by atoms with E-state index in [0.717, 1.165) is 0 Å². The zero-order chi connectivity index (χ0) is 15.1. The van der Waals surface area contributed by atoms with Crippen molar-refractivity contribution < 1.29 is 39.5 Å². The molecule has 2 saturated heterocycles. The Balaban J connectivity index is 2.30. The van der Waals surface area contributed by atoms with Crippen LogP contribution >= 0.6 is 0 Å². The highest BCUT2D eigenvalue weighted by molar-refractivity contribution is 5.77. The molecule has 114 valence electrons. The molecule has 2 heterocycles. The second kappa shape index (κ2) is 5.26. The number of aliphatic hydroxyl groups is 3. The molecule has 2 aliphatic rings. The van der Waals surface area contributed by atoms with Crippen molar-refractivity contribution in [1.29, 1.82) is 0 Å². The molecule has 0 aromatic rings. The second-order valence-electron chi connectivity index (χ2n) is 4.97. The summed E-state index contributed by atoms with van der Waals surface area (Å²) in [5, 5.41) is 40.3. The highest BCUT2D eigenvalue weighted by Crippen LogP contribution is 2.41. The van der Waals surface area contributed by atoms with Crippen LogP contribution in [0.25, 0.3) is 0 Å². The molecule has 6 atom stereocenters. The van der Waals surface area contributed by atoms with Gasteiger partial charge in [0.25, 0.3) is 5.79 Å². The summed E-state index contributed by atoms with van der Waals surface area (Å²) < 4.78 is 10.5. The number of nitrogens with one attached hydrogen (secondary N) is 1. The molecule has 2 fully saturated rings. The molecule has 20 heavy (non-hydrogen) atoms. The fourth-order valence-electron chi connectivity index (χ4n) is 2.60. The van der Waals surface area contributed by atoms with Gasteiger partial charge < -0.3 is 35.2 Å². The maximum absolute atomic E-state index is 11.3. The average Bonchev–Trinajstić information content (AvgIpc) is 2.70. The minimum absolute atomic E-state index is 0.390. The van der Waals surface area contributed by atoms with Gasteiger partial charge in [0.1, 0.15) is 18.3 Å². The first-order valence-electron chi connectivity index (χ1n) is 6.14. The summed E-state index contributed by atoms with van der Waals surface area (Å²) in [6.07, 6.45) is -5.21. The highest BCUT2D eigenvalue weighted by Gasteiger charge is 2.63. The third-order valence-corrected chi connectivity index (χ3v) is 3.49. The molecule has 0 saturated carbocycles. The lowest BCUT2D eigenvalue weighted by molar-refractivity contribution is -0.234. The summed E-state index contributed by atoms with van der Waals surface area (Å²) >= 11 is 0. The van der Waals surface area contributed by atoms with Crippen molar-refractivity contribution in [1.82, 2.24) is 5.32 Å². The van der Waals surface area contributed by atoms with E-state index in [0.29, 0.717) is 0 Å². The molecule has 1 amide bonds. The molecule has 5 N–H and O–H groups in total. The molecule has 2 bridgehead atoms. The summed E-state index contributed by atoms with van der Waals surface area (Å²) in [4.78, 5) is 22.4. The van der Waals surface area contributed by atoms with Crippen LogP contribution in [0.5, 0.6) is 0 Å². The number of hydrogen-bond acceptors (Lipinski definition) is 7. The Morgan fingerprint density at radius 2 is 2.10 bits per heavy atom. The lowest BCUT2D eigenvalue weighted by Crippen LogP contribution is -2.60. The van der Waals surface area contributed by atoms with Crippen LogP contribution in [0.4, 0.5) is 0 Å². The van der Waals surface area contributed by atoms with Gasteiger partial charge in [-0.05, 0) is 0 Å². The number of carboxylic acids is 1. The van der Waals surface area contributed by atoms with Gasteiger partial charge in [-0.1, -0.05) is 0 Å². The van der Waals surface area contributed by atoms with Crippen LogP contribution in [0.3, 0.4) is 0 Å². The SMILES string of the molecule is CC(=O)N[C@H]1[C@H]2O[C@@](C(=O)O)(C[C@@H]1O)O[C@@H]2C(O)CO. The first kappa shape index (κ1) is 15.1. The third-order valence-electron chi connectivity index (χ3n) is 3.49. The zero-order valence-corrected chi connectivity index (χ0v) is 10.7. The van der Waals surface area contributed by atoms with Crippen LogP contribution in [0, 0.1) is 0 Å². The number of amides is 1. The summed E-state index contributed by atoms with van der Waals surface area (Å²) in [5.41, 5.74) is 0. The number of hydrogen-bond donors (Lipinski definition) is 5. The maximum atomic E-state index is 11.3. The Kier molecular flexibility index (Phi) is 3.98. The lowest BCUT2D eigenvalue weighted by Gasteiger charge is -2.37. The van der Waals surface area contributed by atoms with E-state index in [4.69, 9.17) is 14.6 Å². The van der Waals surface area contributed by atoms with E-state index in [2.05, 4.69) is 5.32 Å². The van der Waals surface area contributed by atoms with Crippen molar-refractivity contribution in [2.75, 3.05) is 6.61 Å². The van der Waals surface area contributed by atoms with Gasteiger partial charge in [0.15, 0.2) is 0 Å². The summed E-state index contributed by atoms with van der Waals surface area (Å²) in [5.74, 6) is -3.94. The maximum Gasteiger partial charge on any atom is 0.364 e. The fraction of sp³-hybridized carbons (Fsp3) is 0.818. The van der Waals surface area contributed by atoms with Crippen LogP contribution in [0.1, 0.15) is 13.3 Å². The molecule has 0 aromatic heterocycles. The Bertz CT molecular complexity index is 415. The lowest BCUT2D eigenvalue weighted by atomic mass is 9.92. The number of carbonyl (C=O) groups is 2. The minimum Gasteiger partial charge on any atom is -0.477 e. The molecule has 9 heteroatoms. The Hall–Kier alpha value is -1.26. The van der Waals surface area contributed by atoms with Gasteiger partial charge in [-0.3, -0.25) is 4.79 Å². The van der Waals surface area contributed by atoms with Crippen molar-refractivity contribution in [3.63, 3.8) is 0 Å². The number of aliphatic carboxylic acids is 1. The minimum atomic E-state index is -2.07. The van der Waals surface area contributed by atoms with Crippen LogP contribution in [-0.4, -0.2) is 75.2 Å². The fourth-order valence-corrected chi connectivity index (χ4v) is 2.60. The summed E-state index contributed by atoms with van der Waals surface area (Å²) in [6, 6.07) is -0.923. The number of ether oxygens (including phenoxy) is 2. The third kappa shape index (κ3) is 2.38. The Morgan fingerprint density at radius 1 is 1.45 bits per heavy atom. The van der Waals surface area contributed by atoms with E-state index < -0.39 is 61.1 Å². The smallest absolute Gasteiger partial charge is 0.364 e. The highest BCUT2D eigenvalue weighted by atomic mass is 16.8. The van der Waals surface area contributed by atoms with Crippen molar-refractivity contribution in [2.24, 2.45) is 0 Å². The largest absolute Gasteiger partial charge is 0.477 e. The van der Waals surface area contributed by atoms with Crippen molar-refractivity contribution in [3.8, 4) is 0 Å². The average molecular weight is 291 g/mol. The van der Waals surface area contributed by atoms with E-state index in [9.17, 15) is 24.9 Å². The Morgan fingerprint density at radius 3 is 2.60 bits per heavy atom. The molecular formula is C11H17NO8. The molecule has 1 unspecified atom stereocenters. The molecular weight excluding hydrogens is 274 g/mol. The van der Waals surface area contributed by atoms with Gasteiger partial charge in [-0.25, -0.2) is 4.79 Å². The number of carboxylic acid groups (broad SMARTS) is 1. The van der Waals surface area contributed by atoms with Gasteiger partial charge in [0, 0.05) is 13.3 Å². The van der Waals surface area contributed by atoms with Gasteiger partial charge in [-0.15, -0.1) is 0 Å². The standard InChI is InChI=1S/C11H17NO8/c1-4(14)12-7-5(15)2-11(10(17)18)19-8(6(16)3-13)9(7)20-11/h5-9,13,15-16H,2-3H2,1H3,(H,12,14)(H,17,18)/t5-,6?,7+,8+,9+,11+/m0/s1. The summed E-state index contributed by atoms with van der Waals surface area (Å²) in [6.45, 7) is 0.572. The summed E-state index contributed by atoms with van der Waals surface area (Å²) in [7, 11) is 0. The molecule has 0 aliphatic carbocycles. The van der Waals surface area contributed by atoms with Crippen LogP contribution in [0.15, 0.2) is 0 Å². The zero-order valence-electron chi connectivity index (χ0n) is 10.7. The molecule has 2 rings (SSSR count). The van der Waals surface area contributed by atoms with E-state index in [-0.39, 0.29) is 0 Å². The molecule has 0 aromatic carbocycles. The molecule has 2 aliphatic heterocycles. The van der Waals surface area contributed by atoms with Gasteiger partial charge in [0.05, 0.1) is 18.8 Å². The molecule has 0 radical (unpaired) electrons. The second-order valence-corrected chi connectivity index (χ2v) is 4.97. The van der Waals surface area contributed by atoms with Crippen LogP contribution in [0.2, 0.25) is 0 Å². The monoisotopic (exact) mass is 291 g/mol. The number of aliphatic hydroxyl groups excluding tert-OH is 3. The number of carbonyl (C=O) groups excluding carboxylic acids is 1. The van der Waals surface area contributed by atoms with Gasteiger partial charge in [0.2, 0.25) is 5.91 Å². The van der Waals surface area contributed by atoms with E-state index in [1.165, 1.54) is 6.92 Å². The van der Waals surface area contributed by atoms with Crippen molar-refractivity contribution >= 4 is 11.9 Å². The van der Waals surface area contributed by atoms with Gasteiger partial charge >= 0.3 is 5.97 Å². The van der Waals surface area contributed by atoms with Crippen molar-refractivity contribution in [2.45, 2.75) is 49.6 Å². The molecule has 0 spiro atoms. The number of rotatable bonds is 4. The van der Waals surface area contributed by atoms with Crippen LogP contribution in [-0.2, 0) is 19.1 Å². The normalized spacial score (nSPS) is 41.2. The number of fused-ring (bicyclic) bond motifs is 2. The first-order chi connectivity index (χ1) is 9.30. The van der Waals surface area contributed by atoms with E-state index in [1.54, 1.807) is 0 Å².